The summed E-state index contributed by atoms with van der Waals surface area (Å²) in [5.74, 6) is -1.33. The molecule has 1 atom stereocenters. The molecule has 0 radical (unpaired) electrons. The summed E-state index contributed by atoms with van der Waals surface area (Å²) in [5, 5.41) is 0. The summed E-state index contributed by atoms with van der Waals surface area (Å²) in [6.07, 6.45) is -1.63. The number of halogens is 4. The molecule has 12 heteroatoms. The number of alkyl halides is 3. The van der Waals surface area contributed by atoms with Crippen LogP contribution in [0.5, 0.6) is 0 Å². The summed E-state index contributed by atoms with van der Waals surface area (Å²) in [7, 11) is 1.43. The van der Waals surface area contributed by atoms with Gasteiger partial charge in [-0.05, 0) is 12.1 Å². The van der Waals surface area contributed by atoms with E-state index in [-0.39, 0.29) is 35.8 Å². The molecule has 1 aliphatic rings. The number of fused-ring (bicyclic) bond motifs is 4. The monoisotopic (exact) mass is 460 g/mol. The Kier molecular flexibility index (Phi) is 4.71. The molecule has 0 fully saturated rings. The van der Waals surface area contributed by atoms with Gasteiger partial charge in [-0.15, -0.1) is 0 Å². The Balaban J connectivity index is 1.54. The van der Waals surface area contributed by atoms with Gasteiger partial charge >= 0.3 is 6.18 Å². The molecule has 5 rings (SSSR count). The van der Waals surface area contributed by atoms with Crippen LogP contribution in [0, 0.1) is 5.82 Å². The second kappa shape index (κ2) is 7.37. The molecule has 170 valence electrons. The van der Waals surface area contributed by atoms with Gasteiger partial charge in [-0.3, -0.25) is 9.20 Å². The number of carbonyl (C=O) groups excluding carboxylic acids is 1. The number of imidazole rings is 1. The molecule has 1 amide bonds. The molecule has 4 heterocycles. The van der Waals surface area contributed by atoms with Gasteiger partial charge in [0, 0.05) is 18.7 Å². The average Bonchev–Trinajstić information content (AvgIpc) is 3.27. The lowest BCUT2D eigenvalue weighted by atomic mass is 10.0. The number of anilines is 1. The fraction of sp³-hybridized carbons (Fsp3) is 0.238. The van der Waals surface area contributed by atoms with Gasteiger partial charge in [0.1, 0.15) is 22.8 Å². The van der Waals surface area contributed by atoms with Crippen LogP contribution >= 0.6 is 0 Å². The van der Waals surface area contributed by atoms with Crippen LogP contribution in [0.4, 0.5) is 23.4 Å². The molecule has 2 N–H and O–H groups in total. The highest BCUT2D eigenvalue weighted by molar-refractivity contribution is 5.98. The molecular formula is C21H16F4N6O2. The topological polar surface area (TPSA) is 98.6 Å². The smallest absolute Gasteiger partial charge is 0.382 e. The number of amides is 1. The van der Waals surface area contributed by atoms with E-state index in [1.165, 1.54) is 36.6 Å². The highest BCUT2D eigenvalue weighted by Crippen LogP contribution is 2.34. The Hall–Kier alpha value is -3.80. The van der Waals surface area contributed by atoms with Crippen molar-refractivity contribution < 1.29 is 27.1 Å². The first-order valence-electron chi connectivity index (χ1n) is 9.78. The van der Waals surface area contributed by atoms with E-state index in [1.54, 1.807) is 4.40 Å². The van der Waals surface area contributed by atoms with Crippen LogP contribution in [0.2, 0.25) is 0 Å². The molecule has 3 aromatic heterocycles. The number of nitrogens with two attached hydrogens (primary N) is 1. The van der Waals surface area contributed by atoms with Crippen molar-refractivity contribution in [1.29, 1.82) is 0 Å². The van der Waals surface area contributed by atoms with E-state index >= 15 is 0 Å². The zero-order valence-corrected chi connectivity index (χ0v) is 17.1. The summed E-state index contributed by atoms with van der Waals surface area (Å²) in [5.41, 5.74) is 6.26. The summed E-state index contributed by atoms with van der Waals surface area (Å²) in [4.78, 5) is 26.3. The quantitative estimate of drug-likeness (QED) is 0.461. The molecule has 0 aliphatic carbocycles. The number of hydrogen-bond acceptors (Lipinski definition) is 6. The number of nitrogens with zero attached hydrogens (tertiary/aromatic N) is 5. The minimum atomic E-state index is -4.60. The fourth-order valence-corrected chi connectivity index (χ4v) is 3.96. The number of benzene rings is 1. The maximum atomic E-state index is 14.9. The first-order valence-corrected chi connectivity index (χ1v) is 9.78. The Bertz CT molecular complexity index is 1420. The van der Waals surface area contributed by atoms with E-state index in [9.17, 15) is 22.4 Å². The van der Waals surface area contributed by atoms with E-state index in [0.717, 1.165) is 12.1 Å². The number of ether oxygens (including phenoxy) is 1. The molecule has 0 bridgehead atoms. The van der Waals surface area contributed by atoms with Crippen molar-refractivity contribution >= 4 is 28.3 Å². The average molecular weight is 460 g/mol. The molecule has 0 saturated carbocycles. The molecule has 0 spiro atoms. The Labute approximate surface area is 183 Å². The van der Waals surface area contributed by atoms with Gasteiger partial charge in [-0.1, -0.05) is 6.07 Å². The van der Waals surface area contributed by atoms with Gasteiger partial charge in [0.25, 0.3) is 5.91 Å². The summed E-state index contributed by atoms with van der Waals surface area (Å²) < 4.78 is 61.0. The van der Waals surface area contributed by atoms with Crippen LogP contribution in [0.15, 0.2) is 36.8 Å². The van der Waals surface area contributed by atoms with Gasteiger partial charge < -0.3 is 15.4 Å². The highest BCUT2D eigenvalue weighted by Gasteiger charge is 2.36. The van der Waals surface area contributed by atoms with Crippen LogP contribution in [-0.2, 0) is 17.5 Å². The van der Waals surface area contributed by atoms with Crippen LogP contribution < -0.4 is 5.73 Å². The van der Waals surface area contributed by atoms with E-state index in [2.05, 4.69) is 15.0 Å². The Morgan fingerprint density at radius 3 is 2.79 bits per heavy atom. The van der Waals surface area contributed by atoms with Crippen molar-refractivity contribution in [3.8, 4) is 0 Å². The fourth-order valence-electron chi connectivity index (χ4n) is 3.96. The van der Waals surface area contributed by atoms with Gasteiger partial charge in [0.05, 0.1) is 54.1 Å². The number of aromatic nitrogens is 4. The zero-order chi connectivity index (χ0) is 23.5. The Morgan fingerprint density at radius 1 is 1.24 bits per heavy atom. The number of carbonyl (C=O) groups is 1. The predicted octanol–water partition coefficient (Wildman–Crippen LogP) is 3.36. The largest absolute Gasteiger partial charge is 0.433 e. The number of nitrogen functional groups attached to an aromatic ring is 1. The second-order valence-electron chi connectivity index (χ2n) is 7.64. The second-order valence-corrected chi connectivity index (χ2v) is 7.64. The normalized spacial score (nSPS) is 16.2. The van der Waals surface area contributed by atoms with Gasteiger partial charge in [-0.2, -0.15) is 13.2 Å². The molecular weight excluding hydrogens is 444 g/mol. The van der Waals surface area contributed by atoms with Crippen LogP contribution in [-0.4, -0.2) is 43.8 Å². The van der Waals surface area contributed by atoms with Crippen LogP contribution in [0.3, 0.4) is 0 Å². The maximum Gasteiger partial charge on any atom is 0.433 e. The zero-order valence-electron chi connectivity index (χ0n) is 17.1. The van der Waals surface area contributed by atoms with Crippen molar-refractivity contribution in [1.82, 2.24) is 24.3 Å². The third-order valence-corrected chi connectivity index (χ3v) is 5.66. The number of pyridine rings is 1. The lowest BCUT2D eigenvalue weighted by Crippen LogP contribution is -2.37. The number of rotatable bonds is 2. The molecule has 8 nitrogen and oxygen atoms in total. The lowest BCUT2D eigenvalue weighted by Gasteiger charge is -2.33. The number of hydrogen-bond donors (Lipinski definition) is 1. The SMILES string of the molecule is CN(C(=O)c1cc2c(cc1F)nc(N)c1cncn12)[C@H]1COCc2nc(C(F)(F)F)ccc21. The van der Waals surface area contributed by atoms with Gasteiger partial charge in [-0.25, -0.2) is 19.3 Å². The minimum absolute atomic E-state index is 0.0291. The molecule has 0 unspecified atom stereocenters. The minimum Gasteiger partial charge on any atom is -0.382 e. The summed E-state index contributed by atoms with van der Waals surface area (Å²) in [6.45, 7) is -0.0881. The Morgan fingerprint density at radius 2 is 2.03 bits per heavy atom. The van der Waals surface area contributed by atoms with Gasteiger partial charge in [0.2, 0.25) is 0 Å². The third-order valence-electron chi connectivity index (χ3n) is 5.66. The molecule has 1 aromatic carbocycles. The molecule has 1 aliphatic heterocycles. The van der Waals surface area contributed by atoms with Crippen molar-refractivity contribution in [2.75, 3.05) is 19.4 Å². The van der Waals surface area contributed by atoms with E-state index < -0.39 is 29.6 Å². The van der Waals surface area contributed by atoms with Crippen LogP contribution in [0.1, 0.15) is 33.4 Å². The predicted molar refractivity (Wildman–Crippen MR) is 109 cm³/mol. The molecule has 0 saturated heterocycles. The third kappa shape index (κ3) is 3.42. The first-order chi connectivity index (χ1) is 15.6. The molecule has 4 aromatic rings. The van der Waals surface area contributed by atoms with Crippen molar-refractivity contribution in [3.05, 3.63) is 65.1 Å². The lowest BCUT2D eigenvalue weighted by molar-refractivity contribution is -0.141. The van der Waals surface area contributed by atoms with Gasteiger partial charge in [0.15, 0.2) is 0 Å². The van der Waals surface area contributed by atoms with E-state index in [1.807, 2.05) is 0 Å². The molecule has 33 heavy (non-hydrogen) atoms. The first kappa shape index (κ1) is 21.1. The standard InChI is InChI=1S/C21H16F4N6O2/c1-30(17-8-33-7-14-10(17)2-3-18(28-14)21(23,24)25)20(32)11-4-15-13(5-12(11)22)29-19(26)16-6-27-9-31(15)16/h2-6,9,17H,7-8H2,1H3,(H2,26,29)/t17-/m0/s1. The van der Waals surface area contributed by atoms with E-state index in [0.29, 0.717) is 16.6 Å². The summed E-state index contributed by atoms with van der Waals surface area (Å²) >= 11 is 0. The van der Waals surface area contributed by atoms with Crippen molar-refractivity contribution in [3.63, 3.8) is 0 Å². The van der Waals surface area contributed by atoms with Crippen molar-refractivity contribution in [2.24, 2.45) is 0 Å². The highest BCUT2D eigenvalue weighted by atomic mass is 19.4. The van der Waals surface area contributed by atoms with Crippen LogP contribution in [0.25, 0.3) is 16.6 Å². The maximum absolute atomic E-state index is 14.9. The van der Waals surface area contributed by atoms with E-state index in [4.69, 9.17) is 10.5 Å². The van der Waals surface area contributed by atoms with Crippen molar-refractivity contribution in [2.45, 2.75) is 18.8 Å². The summed E-state index contributed by atoms with van der Waals surface area (Å²) in [6, 6.07) is 3.84. The number of likely N-dealkylation sites (N-methyl/N-ethyl adjacent to an activating group) is 1.